The average Bonchev–Trinajstić information content (AvgIpc) is 2.90. The summed E-state index contributed by atoms with van der Waals surface area (Å²) in [5, 5.41) is 8.91. The first-order valence-electron chi connectivity index (χ1n) is 11.8. The van der Waals surface area contributed by atoms with E-state index in [1.165, 1.54) is 18.2 Å². The minimum absolute atomic E-state index is 0.0392. The molecule has 0 atom stereocenters. The number of hydrogen-bond acceptors (Lipinski definition) is 4. The van der Waals surface area contributed by atoms with Gasteiger partial charge >= 0.3 is 0 Å². The number of halogens is 3. The fraction of sp³-hybridized carbons (Fsp3) is 0.286. The Morgan fingerprint density at radius 2 is 1.64 bits per heavy atom. The summed E-state index contributed by atoms with van der Waals surface area (Å²) in [5.41, 5.74) is 2.25. The van der Waals surface area contributed by atoms with Crippen molar-refractivity contribution in [3.8, 4) is 28.0 Å². The van der Waals surface area contributed by atoms with Crippen molar-refractivity contribution in [1.29, 1.82) is 0 Å². The molecule has 1 N–H and O–H groups in total. The summed E-state index contributed by atoms with van der Waals surface area (Å²) in [6, 6.07) is 14.5. The molecule has 0 spiro atoms. The average molecular weight is 495 g/mol. The molecule has 1 heterocycles. The number of rotatable bonds is 9. The van der Waals surface area contributed by atoms with Crippen LogP contribution in [-0.2, 0) is 9.47 Å². The van der Waals surface area contributed by atoms with Crippen molar-refractivity contribution in [2.45, 2.75) is 26.0 Å². The van der Waals surface area contributed by atoms with Gasteiger partial charge < -0.3 is 19.2 Å². The van der Waals surface area contributed by atoms with Crippen LogP contribution in [0.2, 0.25) is 6.32 Å². The first-order valence-corrected chi connectivity index (χ1v) is 11.8. The Morgan fingerprint density at radius 3 is 2.31 bits per heavy atom. The second-order valence-corrected chi connectivity index (χ2v) is 8.54. The van der Waals surface area contributed by atoms with E-state index in [1.807, 2.05) is 19.1 Å². The molecule has 0 aliphatic carbocycles. The van der Waals surface area contributed by atoms with Crippen LogP contribution in [-0.4, -0.2) is 32.3 Å². The molecule has 3 aromatic carbocycles. The predicted octanol–water partition coefficient (Wildman–Crippen LogP) is 6.47. The van der Waals surface area contributed by atoms with Gasteiger partial charge in [-0.1, -0.05) is 48.6 Å². The first kappa shape index (κ1) is 26.0. The van der Waals surface area contributed by atoms with Crippen LogP contribution in [0.1, 0.15) is 25.2 Å². The fourth-order valence-electron chi connectivity index (χ4n) is 4.02. The van der Waals surface area contributed by atoms with Gasteiger partial charge in [-0.05, 0) is 54.6 Å². The summed E-state index contributed by atoms with van der Waals surface area (Å²) in [5.74, 6) is -2.55. The monoisotopic (exact) mass is 495 g/mol. The van der Waals surface area contributed by atoms with Crippen LogP contribution in [0.5, 0.6) is 5.75 Å². The Balaban J connectivity index is 1.46. The van der Waals surface area contributed by atoms with Crippen molar-refractivity contribution in [3.05, 3.63) is 89.8 Å². The molecule has 4 rings (SSSR count). The van der Waals surface area contributed by atoms with E-state index in [9.17, 15) is 13.2 Å². The van der Waals surface area contributed by atoms with Crippen LogP contribution in [0.3, 0.4) is 0 Å². The molecular formula is C28H27BF3O4. The van der Waals surface area contributed by atoms with E-state index in [2.05, 4.69) is 0 Å². The SMILES string of the molecule is C/C=C\CCOc1ccc(-c2ccc(-c3ccc(C4OCC(C[B]O)CO4)c(F)c3)cc2)c(F)c1F. The number of ether oxygens (including phenoxy) is 3. The Bertz CT molecular complexity index is 1190. The van der Waals surface area contributed by atoms with Gasteiger partial charge in [0.25, 0.3) is 7.48 Å². The van der Waals surface area contributed by atoms with Crippen molar-refractivity contribution in [2.75, 3.05) is 19.8 Å². The first-order chi connectivity index (χ1) is 17.5. The Labute approximate surface area is 209 Å². The molecule has 1 saturated heterocycles. The van der Waals surface area contributed by atoms with Gasteiger partial charge in [-0.15, -0.1) is 0 Å². The van der Waals surface area contributed by atoms with E-state index in [1.54, 1.807) is 36.4 Å². The molecule has 0 aromatic heterocycles. The van der Waals surface area contributed by atoms with Crippen molar-refractivity contribution in [3.63, 3.8) is 0 Å². The number of allylic oxidation sites excluding steroid dienone is 1. The Morgan fingerprint density at radius 1 is 0.944 bits per heavy atom. The van der Waals surface area contributed by atoms with E-state index in [-0.39, 0.29) is 23.8 Å². The van der Waals surface area contributed by atoms with E-state index < -0.39 is 23.7 Å². The van der Waals surface area contributed by atoms with Crippen LogP contribution in [0.25, 0.3) is 22.3 Å². The lowest BCUT2D eigenvalue weighted by Gasteiger charge is -2.29. The Kier molecular flexibility index (Phi) is 8.86. The second-order valence-electron chi connectivity index (χ2n) is 8.54. The lowest BCUT2D eigenvalue weighted by Crippen LogP contribution is -2.28. The summed E-state index contributed by atoms with van der Waals surface area (Å²) in [6.07, 6.45) is 4.01. The minimum atomic E-state index is -1.03. The third-order valence-electron chi connectivity index (χ3n) is 6.01. The maximum Gasteiger partial charge on any atom is 0.287 e. The van der Waals surface area contributed by atoms with Crippen molar-refractivity contribution in [1.82, 2.24) is 0 Å². The molecular weight excluding hydrogens is 468 g/mol. The summed E-state index contributed by atoms with van der Waals surface area (Å²) >= 11 is 0. The molecule has 4 nitrogen and oxygen atoms in total. The molecule has 36 heavy (non-hydrogen) atoms. The van der Waals surface area contributed by atoms with Gasteiger partial charge in [-0.2, -0.15) is 4.39 Å². The van der Waals surface area contributed by atoms with Crippen LogP contribution in [0.15, 0.2) is 66.7 Å². The zero-order valence-electron chi connectivity index (χ0n) is 19.9. The number of hydrogen-bond donors (Lipinski definition) is 1. The van der Waals surface area contributed by atoms with Gasteiger partial charge in [0.2, 0.25) is 5.82 Å². The summed E-state index contributed by atoms with van der Waals surface area (Å²) in [6.45, 7) is 2.86. The van der Waals surface area contributed by atoms with E-state index in [4.69, 9.17) is 19.2 Å². The molecule has 0 amide bonds. The van der Waals surface area contributed by atoms with E-state index >= 15 is 0 Å². The lowest BCUT2D eigenvalue weighted by atomic mass is 9.86. The smallest absolute Gasteiger partial charge is 0.287 e. The summed E-state index contributed by atoms with van der Waals surface area (Å²) < 4.78 is 60.7. The summed E-state index contributed by atoms with van der Waals surface area (Å²) in [7, 11) is 1.07. The highest BCUT2D eigenvalue weighted by Gasteiger charge is 2.26. The quantitative estimate of drug-likeness (QED) is 0.210. The van der Waals surface area contributed by atoms with Gasteiger partial charge in [-0.25, -0.2) is 8.78 Å². The van der Waals surface area contributed by atoms with Gasteiger partial charge in [0.05, 0.1) is 19.8 Å². The van der Waals surface area contributed by atoms with E-state index in [0.717, 1.165) is 13.0 Å². The summed E-state index contributed by atoms with van der Waals surface area (Å²) in [4.78, 5) is 0. The highest BCUT2D eigenvalue weighted by molar-refractivity contribution is 6.25. The lowest BCUT2D eigenvalue weighted by molar-refractivity contribution is -0.203. The zero-order valence-corrected chi connectivity index (χ0v) is 19.9. The standard InChI is InChI=1S/C28H27BF3O4/c1-2-3-4-13-34-25-12-11-22(26(31)27(25)32)20-7-5-19(6-8-20)21-9-10-23(24(30)14-21)28-35-16-18(15-29-33)17-36-28/h2-3,5-12,14,18,28,33H,4,13,15-17H2,1H3/b3-2-. The molecule has 1 aliphatic rings. The molecule has 187 valence electrons. The third kappa shape index (κ3) is 6.01. The molecule has 1 fully saturated rings. The highest BCUT2D eigenvalue weighted by atomic mass is 19.2. The normalized spacial score (nSPS) is 17.9. The largest absolute Gasteiger partial charge is 0.490 e. The topological polar surface area (TPSA) is 47.9 Å². The molecule has 1 aliphatic heterocycles. The maximum atomic E-state index is 14.9. The zero-order chi connectivity index (χ0) is 25.5. The molecule has 3 aromatic rings. The minimum Gasteiger partial charge on any atom is -0.490 e. The molecule has 1 radical (unpaired) electrons. The molecule has 0 unspecified atom stereocenters. The van der Waals surface area contributed by atoms with Crippen LogP contribution >= 0.6 is 0 Å². The fourth-order valence-corrected chi connectivity index (χ4v) is 4.02. The predicted molar refractivity (Wildman–Crippen MR) is 133 cm³/mol. The molecule has 8 heteroatoms. The van der Waals surface area contributed by atoms with Gasteiger partial charge in [-0.3, -0.25) is 0 Å². The Hall–Kier alpha value is -3.07. The van der Waals surface area contributed by atoms with Gasteiger partial charge in [0, 0.05) is 17.0 Å². The molecule has 0 bridgehead atoms. The second kappa shape index (κ2) is 12.3. The third-order valence-corrected chi connectivity index (χ3v) is 6.01. The maximum absolute atomic E-state index is 14.9. The van der Waals surface area contributed by atoms with Crippen LogP contribution in [0.4, 0.5) is 13.2 Å². The van der Waals surface area contributed by atoms with E-state index in [0.29, 0.717) is 42.6 Å². The number of benzene rings is 3. The van der Waals surface area contributed by atoms with Crippen molar-refractivity contribution < 1.29 is 32.4 Å². The molecule has 0 saturated carbocycles. The van der Waals surface area contributed by atoms with Crippen molar-refractivity contribution >= 4 is 7.48 Å². The van der Waals surface area contributed by atoms with Crippen molar-refractivity contribution in [2.24, 2.45) is 5.92 Å². The highest BCUT2D eigenvalue weighted by Crippen LogP contribution is 2.33. The van der Waals surface area contributed by atoms with Gasteiger partial charge in [0.15, 0.2) is 17.9 Å². The van der Waals surface area contributed by atoms with Crippen LogP contribution < -0.4 is 4.74 Å². The van der Waals surface area contributed by atoms with Gasteiger partial charge in [0.1, 0.15) is 5.82 Å². The van der Waals surface area contributed by atoms with Crippen LogP contribution in [0, 0.1) is 23.4 Å².